The standard InChI is InChI=1S/C8H10NO.Li/c1-9-7-3-5-8(10-2)6-4-7;/h3-6H,1-2H3;/q-1;+1. The van der Waals surface area contributed by atoms with Gasteiger partial charge >= 0.3 is 18.9 Å². The first kappa shape index (κ1) is 10.4. The van der Waals surface area contributed by atoms with E-state index in [-0.39, 0.29) is 18.9 Å². The molecule has 0 N–H and O–H groups in total. The smallest absolute Gasteiger partial charge is 0.687 e. The predicted octanol–water partition coefficient (Wildman–Crippen LogP) is -0.666. The number of rotatable bonds is 2. The quantitative estimate of drug-likeness (QED) is 0.504. The van der Waals surface area contributed by atoms with Crippen LogP contribution in [0.25, 0.3) is 5.32 Å². The summed E-state index contributed by atoms with van der Waals surface area (Å²) in [7, 11) is 3.42. The van der Waals surface area contributed by atoms with Crippen LogP contribution in [0.3, 0.4) is 0 Å². The topological polar surface area (TPSA) is 23.3 Å². The minimum absolute atomic E-state index is 0. The van der Waals surface area contributed by atoms with Crippen molar-refractivity contribution in [3.05, 3.63) is 29.6 Å². The van der Waals surface area contributed by atoms with Crippen LogP contribution in [0.15, 0.2) is 24.3 Å². The Morgan fingerprint density at radius 3 is 2.09 bits per heavy atom. The van der Waals surface area contributed by atoms with Crippen LogP contribution >= 0.6 is 0 Å². The molecule has 1 aromatic carbocycles. The van der Waals surface area contributed by atoms with Crippen LogP contribution in [0.2, 0.25) is 0 Å². The number of hydrogen-bond acceptors (Lipinski definition) is 1. The van der Waals surface area contributed by atoms with Crippen LogP contribution in [0.5, 0.6) is 5.75 Å². The summed E-state index contributed by atoms with van der Waals surface area (Å²) in [5, 5.41) is 3.99. The third-order valence-corrected chi connectivity index (χ3v) is 1.33. The summed E-state index contributed by atoms with van der Waals surface area (Å²) < 4.78 is 4.97. The van der Waals surface area contributed by atoms with Gasteiger partial charge in [0.15, 0.2) is 0 Å². The Hall–Kier alpha value is -0.583. The van der Waals surface area contributed by atoms with Crippen molar-refractivity contribution in [1.82, 2.24) is 0 Å². The zero-order valence-electron chi connectivity index (χ0n) is 7.16. The maximum Gasteiger partial charge on any atom is 1.00 e. The Labute approximate surface area is 79.1 Å². The molecule has 0 saturated heterocycles. The van der Waals surface area contributed by atoms with E-state index in [2.05, 4.69) is 5.32 Å². The van der Waals surface area contributed by atoms with Crippen molar-refractivity contribution in [2.45, 2.75) is 0 Å². The van der Waals surface area contributed by atoms with Gasteiger partial charge in [-0.2, -0.15) is 0 Å². The SMILES string of the molecule is C[N-]c1ccc(OC)cc1.[Li+]. The molecule has 11 heavy (non-hydrogen) atoms. The molecule has 0 heterocycles. The second kappa shape index (κ2) is 5.12. The monoisotopic (exact) mass is 143 g/mol. The first-order valence-electron chi connectivity index (χ1n) is 3.10. The summed E-state index contributed by atoms with van der Waals surface area (Å²) in [4.78, 5) is 0. The van der Waals surface area contributed by atoms with Crippen LogP contribution in [-0.4, -0.2) is 14.2 Å². The molecule has 0 saturated carbocycles. The zero-order valence-corrected chi connectivity index (χ0v) is 7.16. The Kier molecular flexibility index (Phi) is 4.85. The van der Waals surface area contributed by atoms with Crippen LogP contribution < -0.4 is 23.6 Å². The third kappa shape index (κ3) is 2.88. The number of benzene rings is 1. The molecule has 1 rings (SSSR count). The number of ether oxygens (including phenoxy) is 1. The minimum atomic E-state index is 0. The molecule has 0 atom stereocenters. The molecule has 0 spiro atoms. The van der Waals surface area contributed by atoms with E-state index >= 15 is 0 Å². The van der Waals surface area contributed by atoms with Crippen molar-refractivity contribution >= 4 is 5.69 Å². The number of nitrogens with zero attached hydrogens (tertiary/aromatic N) is 1. The number of methoxy groups -OCH3 is 1. The summed E-state index contributed by atoms with van der Waals surface area (Å²) in [6, 6.07) is 7.61. The van der Waals surface area contributed by atoms with Crippen molar-refractivity contribution < 1.29 is 23.6 Å². The molecule has 0 amide bonds. The number of hydrogen-bond donors (Lipinski definition) is 0. The average Bonchev–Trinajstić information content (AvgIpc) is 2.05. The molecule has 0 radical (unpaired) electrons. The van der Waals surface area contributed by atoms with Crippen LogP contribution in [0.1, 0.15) is 0 Å². The van der Waals surface area contributed by atoms with Gasteiger partial charge in [0.1, 0.15) is 5.75 Å². The van der Waals surface area contributed by atoms with E-state index in [0.29, 0.717) is 0 Å². The van der Waals surface area contributed by atoms with Gasteiger partial charge in [0.05, 0.1) is 7.11 Å². The fourth-order valence-electron chi connectivity index (χ4n) is 0.731. The van der Waals surface area contributed by atoms with Gasteiger partial charge in [-0.25, -0.2) is 0 Å². The van der Waals surface area contributed by atoms with E-state index in [1.165, 1.54) is 0 Å². The van der Waals surface area contributed by atoms with Gasteiger partial charge in [0.2, 0.25) is 0 Å². The molecule has 0 aliphatic rings. The van der Waals surface area contributed by atoms with Gasteiger partial charge in [-0.05, 0) is 12.1 Å². The van der Waals surface area contributed by atoms with E-state index in [1.807, 2.05) is 24.3 Å². The second-order valence-electron chi connectivity index (χ2n) is 1.92. The fraction of sp³-hybridized carbons (Fsp3) is 0.250. The molecule has 2 nitrogen and oxygen atoms in total. The van der Waals surface area contributed by atoms with Crippen molar-refractivity contribution in [2.24, 2.45) is 0 Å². The minimum Gasteiger partial charge on any atom is -0.687 e. The molecule has 0 bridgehead atoms. The maximum absolute atomic E-state index is 4.97. The predicted molar refractivity (Wildman–Crippen MR) is 41.9 cm³/mol. The largest absolute Gasteiger partial charge is 1.00 e. The molecule has 0 aromatic heterocycles. The van der Waals surface area contributed by atoms with Crippen molar-refractivity contribution in [3.8, 4) is 5.75 Å². The Balaban J connectivity index is 0.000001000. The molecule has 54 valence electrons. The van der Waals surface area contributed by atoms with Gasteiger partial charge in [0, 0.05) is 0 Å². The maximum atomic E-state index is 4.97. The van der Waals surface area contributed by atoms with Gasteiger partial charge < -0.3 is 10.1 Å². The molecular weight excluding hydrogens is 133 g/mol. The Morgan fingerprint density at radius 1 is 1.18 bits per heavy atom. The summed E-state index contributed by atoms with van der Waals surface area (Å²) >= 11 is 0. The van der Waals surface area contributed by atoms with Crippen molar-refractivity contribution in [2.75, 3.05) is 14.2 Å². The van der Waals surface area contributed by atoms with Gasteiger partial charge in [-0.3, -0.25) is 0 Å². The van der Waals surface area contributed by atoms with Gasteiger partial charge in [-0.15, -0.1) is 12.7 Å². The average molecular weight is 143 g/mol. The third-order valence-electron chi connectivity index (χ3n) is 1.33. The van der Waals surface area contributed by atoms with Crippen molar-refractivity contribution in [3.63, 3.8) is 0 Å². The van der Waals surface area contributed by atoms with E-state index in [0.717, 1.165) is 11.4 Å². The normalized spacial score (nSPS) is 8.18. The van der Waals surface area contributed by atoms with Crippen LogP contribution in [-0.2, 0) is 0 Å². The van der Waals surface area contributed by atoms with E-state index in [1.54, 1.807) is 14.2 Å². The van der Waals surface area contributed by atoms with Crippen LogP contribution in [0.4, 0.5) is 5.69 Å². The van der Waals surface area contributed by atoms with E-state index in [4.69, 9.17) is 4.74 Å². The van der Waals surface area contributed by atoms with E-state index < -0.39 is 0 Å². The molecule has 3 heteroatoms. The Bertz CT molecular complexity index is 175. The molecule has 0 fully saturated rings. The van der Waals surface area contributed by atoms with Crippen LogP contribution in [0, 0.1) is 0 Å². The molecular formula is C8H10LiNO. The van der Waals surface area contributed by atoms with Crippen molar-refractivity contribution in [1.29, 1.82) is 0 Å². The van der Waals surface area contributed by atoms with Gasteiger partial charge in [0.25, 0.3) is 0 Å². The zero-order chi connectivity index (χ0) is 7.40. The molecule has 0 aliphatic heterocycles. The summed E-state index contributed by atoms with van der Waals surface area (Å²) in [5.41, 5.74) is 0.973. The molecule has 1 aromatic rings. The summed E-state index contributed by atoms with van der Waals surface area (Å²) in [5.74, 6) is 0.868. The summed E-state index contributed by atoms with van der Waals surface area (Å²) in [6.45, 7) is 0. The van der Waals surface area contributed by atoms with Gasteiger partial charge in [-0.1, -0.05) is 12.1 Å². The second-order valence-corrected chi connectivity index (χ2v) is 1.92. The fourth-order valence-corrected chi connectivity index (χ4v) is 0.731. The Morgan fingerprint density at radius 2 is 1.73 bits per heavy atom. The first-order chi connectivity index (χ1) is 4.86. The summed E-state index contributed by atoms with van der Waals surface area (Å²) in [6.07, 6.45) is 0. The molecule has 0 aliphatic carbocycles. The first-order valence-corrected chi connectivity index (χ1v) is 3.10. The molecule has 0 unspecified atom stereocenters. The van der Waals surface area contributed by atoms with E-state index in [9.17, 15) is 0 Å².